The van der Waals surface area contributed by atoms with E-state index in [2.05, 4.69) is 15.3 Å². The average Bonchev–Trinajstić information content (AvgIpc) is 2.93. The average molecular weight is 304 g/mol. The van der Waals surface area contributed by atoms with Crippen molar-refractivity contribution in [1.29, 1.82) is 0 Å². The Morgan fingerprint density at radius 2 is 1.91 bits per heavy atom. The number of rotatable bonds is 3. The summed E-state index contributed by atoms with van der Waals surface area (Å²) in [5, 5.41) is 3.33. The van der Waals surface area contributed by atoms with Gasteiger partial charge < -0.3 is 5.32 Å². The van der Waals surface area contributed by atoms with E-state index in [0.717, 1.165) is 29.7 Å². The quantitative estimate of drug-likeness (QED) is 0.800. The largest absolute Gasteiger partial charge is 0.325 e. The molecule has 0 fully saturated rings. The highest BCUT2D eigenvalue weighted by atomic mass is 16.1. The highest BCUT2D eigenvalue weighted by molar-refractivity contribution is 5.97. The number of imidazole rings is 1. The predicted molar refractivity (Wildman–Crippen MR) is 90.4 cm³/mol. The van der Waals surface area contributed by atoms with Crippen LogP contribution in [0.5, 0.6) is 0 Å². The second-order valence-corrected chi connectivity index (χ2v) is 5.56. The number of nitrogens with one attached hydrogen (secondary N) is 1. The van der Waals surface area contributed by atoms with Crippen LogP contribution in [-0.4, -0.2) is 20.3 Å². The van der Waals surface area contributed by atoms with Gasteiger partial charge in [-0.1, -0.05) is 18.2 Å². The lowest BCUT2D eigenvalue weighted by molar-refractivity contribution is -0.114. The lowest BCUT2D eigenvalue weighted by Gasteiger charge is -2.17. The fourth-order valence-corrected chi connectivity index (χ4v) is 2.89. The van der Waals surface area contributed by atoms with E-state index in [4.69, 9.17) is 0 Å². The molecule has 5 heteroatoms. The number of anilines is 2. The number of hydrogen-bond acceptors (Lipinski definition) is 4. The number of nitrogens with zero attached hydrogens (tertiary/aromatic N) is 3. The first kappa shape index (κ1) is 13.7. The number of carbonyl (C=O) groups excluding carboxylic acids is 1. The monoisotopic (exact) mass is 304 g/mol. The fraction of sp³-hybridized carbons (Fsp3) is 0.167. The summed E-state index contributed by atoms with van der Waals surface area (Å²) in [6.07, 6.45) is 5.81. The molecule has 1 N–H and O–H groups in total. The second-order valence-electron chi connectivity index (χ2n) is 5.56. The van der Waals surface area contributed by atoms with Crippen molar-refractivity contribution in [2.45, 2.75) is 19.3 Å². The number of allylic oxidation sites excluding steroid dienone is 2. The summed E-state index contributed by atoms with van der Waals surface area (Å²) in [7, 11) is 0. The molecule has 0 atom stereocenters. The maximum absolute atomic E-state index is 11.8. The Balaban J connectivity index is 1.86. The van der Waals surface area contributed by atoms with Crippen LogP contribution in [0.1, 0.15) is 19.3 Å². The number of fused-ring (bicyclic) bond motifs is 1. The standard InChI is InChI=1S/C18H16N4O/c23-15-9-4-8-14(12-15)22-16-10-5-11-19-17(16)21-18(22)20-13-6-2-1-3-7-13/h1-3,5-7,10-12H,4,8-9H2,(H,19,20,21). The maximum Gasteiger partial charge on any atom is 0.214 e. The van der Waals surface area contributed by atoms with Crippen molar-refractivity contribution < 1.29 is 4.79 Å². The van der Waals surface area contributed by atoms with Gasteiger partial charge in [-0.15, -0.1) is 0 Å². The van der Waals surface area contributed by atoms with E-state index in [-0.39, 0.29) is 5.78 Å². The van der Waals surface area contributed by atoms with Crippen LogP contribution in [0.25, 0.3) is 16.9 Å². The van der Waals surface area contributed by atoms with Gasteiger partial charge in [0.25, 0.3) is 0 Å². The Hall–Kier alpha value is -2.95. The Morgan fingerprint density at radius 3 is 2.74 bits per heavy atom. The Kier molecular flexibility index (Phi) is 3.38. The van der Waals surface area contributed by atoms with Crippen molar-refractivity contribution in [1.82, 2.24) is 14.5 Å². The number of pyridine rings is 1. The summed E-state index contributed by atoms with van der Waals surface area (Å²) in [5.41, 5.74) is 3.50. The summed E-state index contributed by atoms with van der Waals surface area (Å²) < 4.78 is 2.01. The highest BCUT2D eigenvalue weighted by Gasteiger charge is 2.18. The van der Waals surface area contributed by atoms with E-state index in [1.807, 2.05) is 47.0 Å². The molecule has 0 saturated heterocycles. The first-order valence-electron chi connectivity index (χ1n) is 7.70. The van der Waals surface area contributed by atoms with Crippen molar-refractivity contribution in [3.05, 3.63) is 54.7 Å². The number of carbonyl (C=O) groups is 1. The van der Waals surface area contributed by atoms with Crippen molar-refractivity contribution >= 4 is 34.3 Å². The minimum atomic E-state index is 0.169. The van der Waals surface area contributed by atoms with Gasteiger partial charge in [0.15, 0.2) is 11.4 Å². The topological polar surface area (TPSA) is 59.8 Å². The molecule has 0 amide bonds. The molecule has 5 nitrogen and oxygen atoms in total. The van der Waals surface area contributed by atoms with Crippen LogP contribution in [0.2, 0.25) is 0 Å². The van der Waals surface area contributed by atoms with Gasteiger partial charge in [-0.3, -0.25) is 9.36 Å². The van der Waals surface area contributed by atoms with Crippen LogP contribution in [0.4, 0.5) is 11.6 Å². The van der Waals surface area contributed by atoms with E-state index >= 15 is 0 Å². The molecule has 0 radical (unpaired) electrons. The predicted octanol–water partition coefficient (Wildman–Crippen LogP) is 3.77. The molecule has 3 aromatic rings. The maximum atomic E-state index is 11.8. The van der Waals surface area contributed by atoms with Gasteiger partial charge in [-0.2, -0.15) is 4.98 Å². The molecule has 0 aliphatic heterocycles. The van der Waals surface area contributed by atoms with E-state index in [0.29, 0.717) is 18.0 Å². The number of aromatic nitrogens is 3. The Labute approximate surface area is 133 Å². The van der Waals surface area contributed by atoms with Crippen molar-refractivity contribution in [2.24, 2.45) is 0 Å². The number of ketones is 1. The van der Waals surface area contributed by atoms with Crippen LogP contribution in [0.15, 0.2) is 54.7 Å². The van der Waals surface area contributed by atoms with Crippen LogP contribution in [-0.2, 0) is 4.79 Å². The molecule has 1 aliphatic carbocycles. The normalized spacial score (nSPS) is 14.8. The lowest BCUT2D eigenvalue weighted by atomic mass is 10.0. The van der Waals surface area contributed by atoms with Crippen molar-refractivity contribution in [2.75, 3.05) is 5.32 Å². The minimum Gasteiger partial charge on any atom is -0.325 e. The number of para-hydroxylation sites is 1. The lowest BCUT2D eigenvalue weighted by Crippen LogP contribution is -2.09. The first-order chi connectivity index (χ1) is 11.3. The summed E-state index contributed by atoms with van der Waals surface area (Å²) in [4.78, 5) is 20.8. The third-order valence-electron chi connectivity index (χ3n) is 3.93. The molecule has 4 rings (SSSR count). The van der Waals surface area contributed by atoms with Crippen molar-refractivity contribution in [3.8, 4) is 0 Å². The molecule has 2 heterocycles. The zero-order valence-electron chi connectivity index (χ0n) is 12.6. The molecule has 114 valence electrons. The summed E-state index contributed by atoms with van der Waals surface area (Å²) in [6.45, 7) is 0. The van der Waals surface area contributed by atoms with Crippen molar-refractivity contribution in [3.63, 3.8) is 0 Å². The van der Waals surface area contributed by atoms with Crippen LogP contribution in [0.3, 0.4) is 0 Å². The summed E-state index contributed by atoms with van der Waals surface area (Å²) in [6, 6.07) is 13.7. The molecule has 2 aromatic heterocycles. The third kappa shape index (κ3) is 2.61. The van der Waals surface area contributed by atoms with Gasteiger partial charge in [0.05, 0.1) is 5.52 Å². The van der Waals surface area contributed by atoms with Gasteiger partial charge in [-0.25, -0.2) is 4.98 Å². The Bertz CT molecular complexity index is 896. The molecule has 23 heavy (non-hydrogen) atoms. The van der Waals surface area contributed by atoms with Crippen LogP contribution >= 0.6 is 0 Å². The molecule has 0 saturated carbocycles. The van der Waals surface area contributed by atoms with E-state index < -0.39 is 0 Å². The van der Waals surface area contributed by atoms with Gasteiger partial charge in [-0.05, 0) is 37.1 Å². The number of hydrogen-bond donors (Lipinski definition) is 1. The fourth-order valence-electron chi connectivity index (χ4n) is 2.89. The molecular weight excluding hydrogens is 288 g/mol. The SMILES string of the molecule is O=C1C=C(n2c(Nc3ccccc3)nc3ncccc32)CCC1. The molecule has 0 bridgehead atoms. The number of benzene rings is 1. The highest BCUT2D eigenvalue weighted by Crippen LogP contribution is 2.29. The Morgan fingerprint density at radius 1 is 1.04 bits per heavy atom. The van der Waals surface area contributed by atoms with E-state index in [1.54, 1.807) is 12.3 Å². The molecule has 1 aliphatic rings. The summed E-state index contributed by atoms with van der Waals surface area (Å²) >= 11 is 0. The molecule has 0 spiro atoms. The smallest absolute Gasteiger partial charge is 0.214 e. The van der Waals surface area contributed by atoms with Gasteiger partial charge in [0, 0.05) is 30.1 Å². The van der Waals surface area contributed by atoms with E-state index in [9.17, 15) is 4.79 Å². The first-order valence-corrected chi connectivity index (χ1v) is 7.70. The minimum absolute atomic E-state index is 0.169. The molecule has 0 unspecified atom stereocenters. The molecular formula is C18H16N4O. The third-order valence-corrected chi connectivity index (χ3v) is 3.93. The van der Waals surface area contributed by atoms with E-state index in [1.165, 1.54) is 0 Å². The zero-order valence-corrected chi connectivity index (χ0v) is 12.6. The summed E-state index contributed by atoms with van der Waals surface area (Å²) in [5.74, 6) is 0.855. The zero-order chi connectivity index (χ0) is 15.6. The van der Waals surface area contributed by atoms with Gasteiger partial charge >= 0.3 is 0 Å². The van der Waals surface area contributed by atoms with Gasteiger partial charge in [0.2, 0.25) is 5.95 Å². The van der Waals surface area contributed by atoms with Crippen LogP contribution in [0, 0.1) is 0 Å². The van der Waals surface area contributed by atoms with Gasteiger partial charge in [0.1, 0.15) is 0 Å². The van der Waals surface area contributed by atoms with Crippen LogP contribution < -0.4 is 5.32 Å². The second kappa shape index (κ2) is 5.68. The molecule has 1 aromatic carbocycles.